The predicted molar refractivity (Wildman–Crippen MR) is 103 cm³/mol. The Kier molecular flexibility index (Phi) is 5.71. The molecule has 1 aromatic heterocycles. The van der Waals surface area contributed by atoms with Crippen molar-refractivity contribution in [2.75, 3.05) is 6.61 Å². The van der Waals surface area contributed by atoms with Gasteiger partial charge in [-0.15, -0.1) is 0 Å². The van der Waals surface area contributed by atoms with Crippen LogP contribution >= 0.6 is 11.6 Å². The molecule has 2 aromatic rings. The summed E-state index contributed by atoms with van der Waals surface area (Å²) in [6.45, 7) is 3.27. The van der Waals surface area contributed by atoms with Crippen molar-refractivity contribution in [3.63, 3.8) is 0 Å². The van der Waals surface area contributed by atoms with Gasteiger partial charge in [-0.2, -0.15) is 10.4 Å². The Bertz CT molecular complexity index is 931. The Morgan fingerprint density at radius 2 is 2.07 bits per heavy atom. The van der Waals surface area contributed by atoms with Gasteiger partial charge in [0.1, 0.15) is 16.3 Å². The van der Waals surface area contributed by atoms with Gasteiger partial charge in [0.2, 0.25) is 0 Å². The number of rotatable bonds is 7. The standard InChI is InChI=1S/C20H21ClN4O3/c1-13-17(18(21)25(24-13)10-14-6-4-3-5-7-14)19(27)28-11-16(26)23-20(2,12-22)15-8-9-15/h3-7,15H,8-11H2,1-2H3,(H,23,26)/t20-/m1/s1. The highest BCUT2D eigenvalue weighted by Gasteiger charge is 2.43. The second-order valence-electron chi connectivity index (χ2n) is 7.11. The fraction of sp³-hybridized carbons (Fsp3) is 0.400. The van der Waals surface area contributed by atoms with E-state index in [0.29, 0.717) is 12.2 Å². The van der Waals surface area contributed by atoms with Gasteiger partial charge in [-0.25, -0.2) is 9.48 Å². The molecule has 1 amide bonds. The summed E-state index contributed by atoms with van der Waals surface area (Å²) in [6.07, 6.45) is 1.80. The van der Waals surface area contributed by atoms with E-state index in [0.717, 1.165) is 18.4 Å². The number of aryl methyl sites for hydroxylation is 1. The molecule has 28 heavy (non-hydrogen) atoms. The lowest BCUT2D eigenvalue weighted by atomic mass is 9.98. The highest BCUT2D eigenvalue weighted by Crippen LogP contribution is 2.39. The summed E-state index contributed by atoms with van der Waals surface area (Å²) in [6, 6.07) is 11.7. The van der Waals surface area contributed by atoms with Crippen LogP contribution < -0.4 is 5.32 Å². The lowest BCUT2D eigenvalue weighted by Gasteiger charge is -2.22. The summed E-state index contributed by atoms with van der Waals surface area (Å²) in [5.41, 5.74) is 0.612. The summed E-state index contributed by atoms with van der Waals surface area (Å²) < 4.78 is 6.62. The first kappa shape index (κ1) is 19.9. The second kappa shape index (κ2) is 8.03. The van der Waals surface area contributed by atoms with Crippen LogP contribution in [0.4, 0.5) is 0 Å². The van der Waals surface area contributed by atoms with Crippen LogP contribution in [0.5, 0.6) is 0 Å². The Morgan fingerprint density at radius 3 is 2.68 bits per heavy atom. The molecule has 0 spiro atoms. The van der Waals surface area contributed by atoms with Crippen LogP contribution in [0.3, 0.4) is 0 Å². The van der Waals surface area contributed by atoms with E-state index in [2.05, 4.69) is 16.5 Å². The number of hydrogen-bond acceptors (Lipinski definition) is 5. The fourth-order valence-corrected chi connectivity index (χ4v) is 3.37. The first-order chi connectivity index (χ1) is 13.3. The number of nitrogens with one attached hydrogen (secondary N) is 1. The second-order valence-corrected chi connectivity index (χ2v) is 7.47. The number of nitriles is 1. The predicted octanol–water partition coefficient (Wildman–Crippen LogP) is 2.86. The number of carbonyl (C=O) groups excluding carboxylic acids is 2. The minimum Gasteiger partial charge on any atom is -0.452 e. The summed E-state index contributed by atoms with van der Waals surface area (Å²) in [7, 11) is 0. The van der Waals surface area contributed by atoms with Crippen molar-refractivity contribution >= 4 is 23.5 Å². The molecule has 0 saturated heterocycles. The highest BCUT2D eigenvalue weighted by atomic mass is 35.5. The molecule has 3 rings (SSSR count). The molecule has 1 aromatic carbocycles. The van der Waals surface area contributed by atoms with E-state index in [4.69, 9.17) is 16.3 Å². The topological polar surface area (TPSA) is 97.0 Å². The summed E-state index contributed by atoms with van der Waals surface area (Å²) in [5.74, 6) is -1.10. The van der Waals surface area contributed by atoms with Crippen LogP contribution in [0.15, 0.2) is 30.3 Å². The zero-order valence-corrected chi connectivity index (χ0v) is 16.5. The number of esters is 1. The molecule has 0 aliphatic heterocycles. The number of amides is 1. The van der Waals surface area contributed by atoms with Crippen molar-refractivity contribution in [1.82, 2.24) is 15.1 Å². The number of ether oxygens (including phenoxy) is 1. The van der Waals surface area contributed by atoms with Crippen molar-refractivity contribution in [2.24, 2.45) is 5.92 Å². The minimum atomic E-state index is -0.933. The SMILES string of the molecule is Cc1nn(Cc2ccccc2)c(Cl)c1C(=O)OCC(=O)N[C@](C)(C#N)C1CC1. The fourth-order valence-electron chi connectivity index (χ4n) is 3.06. The Morgan fingerprint density at radius 1 is 1.39 bits per heavy atom. The quantitative estimate of drug-likeness (QED) is 0.721. The molecule has 1 atom stereocenters. The molecule has 1 heterocycles. The molecule has 1 N–H and O–H groups in total. The summed E-state index contributed by atoms with van der Waals surface area (Å²) in [5, 5.41) is 16.4. The maximum absolute atomic E-state index is 12.4. The number of halogens is 1. The third-order valence-electron chi connectivity index (χ3n) is 4.80. The normalized spacial score (nSPS) is 15.4. The smallest absolute Gasteiger partial charge is 0.343 e. The number of hydrogen-bond donors (Lipinski definition) is 1. The molecule has 0 unspecified atom stereocenters. The lowest BCUT2D eigenvalue weighted by molar-refractivity contribution is -0.125. The molecule has 0 radical (unpaired) electrons. The minimum absolute atomic E-state index is 0.135. The van der Waals surface area contributed by atoms with Crippen molar-refractivity contribution in [1.29, 1.82) is 5.26 Å². The Labute approximate surface area is 168 Å². The van der Waals surface area contributed by atoms with Gasteiger partial charge >= 0.3 is 5.97 Å². The average molecular weight is 401 g/mol. The zero-order chi connectivity index (χ0) is 20.3. The third kappa shape index (κ3) is 4.34. The molecule has 0 bridgehead atoms. The van der Waals surface area contributed by atoms with Crippen molar-refractivity contribution in [3.05, 3.63) is 52.3 Å². The number of carbonyl (C=O) groups is 2. The molecule has 1 aliphatic rings. The number of benzene rings is 1. The van der Waals surface area contributed by atoms with E-state index < -0.39 is 24.0 Å². The van der Waals surface area contributed by atoms with Crippen molar-refractivity contribution < 1.29 is 14.3 Å². The molecule has 1 fully saturated rings. The molecule has 1 aliphatic carbocycles. The molecule has 8 heteroatoms. The van der Waals surface area contributed by atoms with E-state index in [1.165, 1.54) is 4.68 Å². The molecule has 146 valence electrons. The number of aromatic nitrogens is 2. The van der Waals surface area contributed by atoms with Gasteiger partial charge in [-0.3, -0.25) is 4.79 Å². The first-order valence-corrected chi connectivity index (χ1v) is 9.38. The van der Waals surface area contributed by atoms with Crippen LogP contribution in [-0.2, 0) is 16.1 Å². The maximum Gasteiger partial charge on any atom is 0.343 e. The van der Waals surface area contributed by atoms with Gasteiger partial charge in [-0.05, 0) is 38.2 Å². The van der Waals surface area contributed by atoms with E-state index in [-0.39, 0.29) is 16.6 Å². The van der Waals surface area contributed by atoms with Gasteiger partial charge < -0.3 is 10.1 Å². The van der Waals surface area contributed by atoms with E-state index in [9.17, 15) is 14.9 Å². The maximum atomic E-state index is 12.4. The molecular weight excluding hydrogens is 380 g/mol. The highest BCUT2D eigenvalue weighted by molar-refractivity contribution is 6.32. The van der Waals surface area contributed by atoms with Gasteiger partial charge in [-0.1, -0.05) is 41.9 Å². The lowest BCUT2D eigenvalue weighted by Crippen LogP contribution is -2.48. The van der Waals surface area contributed by atoms with Crippen LogP contribution in [0.1, 0.15) is 41.4 Å². The third-order valence-corrected chi connectivity index (χ3v) is 5.19. The van der Waals surface area contributed by atoms with Crippen LogP contribution in [-0.4, -0.2) is 33.8 Å². The van der Waals surface area contributed by atoms with Crippen LogP contribution in [0, 0.1) is 24.2 Å². The van der Waals surface area contributed by atoms with Gasteiger partial charge in [0, 0.05) is 0 Å². The number of nitrogens with zero attached hydrogens (tertiary/aromatic N) is 3. The molecule has 7 nitrogen and oxygen atoms in total. The zero-order valence-electron chi connectivity index (χ0n) is 15.7. The summed E-state index contributed by atoms with van der Waals surface area (Å²) >= 11 is 6.32. The van der Waals surface area contributed by atoms with Crippen molar-refractivity contribution in [2.45, 2.75) is 38.8 Å². The Hall–Kier alpha value is -2.85. The molecule has 1 saturated carbocycles. The molecular formula is C20H21ClN4O3. The van der Waals surface area contributed by atoms with E-state index >= 15 is 0 Å². The Balaban J connectivity index is 1.63. The van der Waals surface area contributed by atoms with Gasteiger partial charge in [0.05, 0.1) is 18.3 Å². The van der Waals surface area contributed by atoms with Crippen molar-refractivity contribution in [3.8, 4) is 6.07 Å². The van der Waals surface area contributed by atoms with Crippen LogP contribution in [0.25, 0.3) is 0 Å². The summed E-state index contributed by atoms with van der Waals surface area (Å²) in [4.78, 5) is 24.5. The van der Waals surface area contributed by atoms with Gasteiger partial charge in [0.15, 0.2) is 6.61 Å². The van der Waals surface area contributed by atoms with E-state index in [1.54, 1.807) is 13.8 Å². The first-order valence-electron chi connectivity index (χ1n) is 9.00. The van der Waals surface area contributed by atoms with Gasteiger partial charge in [0.25, 0.3) is 5.91 Å². The monoisotopic (exact) mass is 400 g/mol. The average Bonchev–Trinajstić information content (AvgIpc) is 3.49. The van der Waals surface area contributed by atoms with E-state index in [1.807, 2.05) is 30.3 Å². The largest absolute Gasteiger partial charge is 0.452 e. The van der Waals surface area contributed by atoms with Crippen LogP contribution in [0.2, 0.25) is 5.15 Å².